The zero-order chi connectivity index (χ0) is 14.2. The number of rotatable bonds is 4. The zero-order valence-corrected chi connectivity index (χ0v) is 11.3. The third-order valence-corrected chi connectivity index (χ3v) is 3.47. The van der Waals surface area contributed by atoms with Crippen LogP contribution in [0, 0.1) is 12.8 Å². The SMILES string of the molecule is Cc1c(-c2nnnn2C(C)C(C)C(=O)O)cnn1C. The standard InChI is InChI=1S/C11H16N6O2/c1-6(11(18)19)7(2)17-10(13-14-15-17)9-5-12-16(4)8(9)3/h5-7H,1-4H3,(H,18,19). The number of tetrazole rings is 1. The van der Waals surface area contributed by atoms with Crippen molar-refractivity contribution in [3.05, 3.63) is 11.9 Å². The van der Waals surface area contributed by atoms with Gasteiger partial charge in [-0.2, -0.15) is 5.10 Å². The van der Waals surface area contributed by atoms with Gasteiger partial charge >= 0.3 is 5.97 Å². The molecule has 0 bridgehead atoms. The van der Waals surface area contributed by atoms with Crippen molar-refractivity contribution in [3.63, 3.8) is 0 Å². The van der Waals surface area contributed by atoms with Gasteiger partial charge in [-0.25, -0.2) is 4.68 Å². The number of carbonyl (C=O) groups is 1. The van der Waals surface area contributed by atoms with Crippen LogP contribution in [0.3, 0.4) is 0 Å². The molecule has 0 radical (unpaired) electrons. The lowest BCUT2D eigenvalue weighted by Crippen LogP contribution is -2.23. The highest BCUT2D eigenvalue weighted by atomic mass is 16.4. The number of hydrogen-bond acceptors (Lipinski definition) is 5. The minimum Gasteiger partial charge on any atom is -0.481 e. The number of carboxylic acid groups (broad SMARTS) is 1. The van der Waals surface area contributed by atoms with E-state index in [1.165, 1.54) is 4.68 Å². The normalized spacial score (nSPS) is 14.3. The first-order valence-electron chi connectivity index (χ1n) is 5.93. The van der Waals surface area contributed by atoms with Gasteiger partial charge < -0.3 is 5.11 Å². The van der Waals surface area contributed by atoms with Gasteiger partial charge in [-0.05, 0) is 31.2 Å². The summed E-state index contributed by atoms with van der Waals surface area (Å²) in [5.74, 6) is -0.928. The van der Waals surface area contributed by atoms with Crippen molar-refractivity contribution in [2.75, 3.05) is 0 Å². The topological polar surface area (TPSA) is 98.7 Å². The van der Waals surface area contributed by atoms with Crippen LogP contribution in [0.5, 0.6) is 0 Å². The Morgan fingerprint density at radius 2 is 2.11 bits per heavy atom. The molecule has 2 heterocycles. The second-order valence-electron chi connectivity index (χ2n) is 4.58. The maximum atomic E-state index is 11.1. The first-order valence-corrected chi connectivity index (χ1v) is 5.93. The average Bonchev–Trinajstić information content (AvgIpc) is 2.96. The average molecular weight is 264 g/mol. The predicted octanol–water partition coefficient (Wildman–Crippen LogP) is 0.664. The first kappa shape index (κ1) is 13.2. The molecule has 1 N–H and O–H groups in total. The molecule has 2 aromatic rings. The molecule has 0 aromatic carbocycles. The van der Waals surface area contributed by atoms with Gasteiger partial charge in [0.15, 0.2) is 5.82 Å². The molecule has 8 nitrogen and oxygen atoms in total. The molecule has 0 spiro atoms. The van der Waals surface area contributed by atoms with Crippen LogP contribution in [-0.4, -0.2) is 41.1 Å². The highest BCUT2D eigenvalue weighted by molar-refractivity contribution is 5.70. The summed E-state index contributed by atoms with van der Waals surface area (Å²) in [4.78, 5) is 11.1. The van der Waals surface area contributed by atoms with Crippen LogP contribution in [0.4, 0.5) is 0 Å². The van der Waals surface area contributed by atoms with E-state index in [1.807, 2.05) is 14.0 Å². The zero-order valence-electron chi connectivity index (χ0n) is 11.3. The van der Waals surface area contributed by atoms with Crippen molar-refractivity contribution < 1.29 is 9.90 Å². The summed E-state index contributed by atoms with van der Waals surface area (Å²) in [5.41, 5.74) is 1.73. The summed E-state index contributed by atoms with van der Waals surface area (Å²) in [6.45, 7) is 5.32. The maximum absolute atomic E-state index is 11.1. The number of aromatic nitrogens is 6. The van der Waals surface area contributed by atoms with Crippen LogP contribution in [0.2, 0.25) is 0 Å². The smallest absolute Gasteiger partial charge is 0.308 e. The van der Waals surface area contributed by atoms with Crippen molar-refractivity contribution in [1.29, 1.82) is 0 Å². The Balaban J connectivity index is 2.43. The summed E-state index contributed by atoms with van der Waals surface area (Å²) < 4.78 is 3.25. The van der Waals surface area contributed by atoms with Gasteiger partial charge in [-0.1, -0.05) is 0 Å². The molecular weight excluding hydrogens is 248 g/mol. The Bertz CT molecular complexity index is 602. The Morgan fingerprint density at radius 3 is 2.63 bits per heavy atom. The molecular formula is C11H16N6O2. The number of nitrogens with zero attached hydrogens (tertiary/aromatic N) is 6. The van der Waals surface area contributed by atoms with Crippen molar-refractivity contribution in [1.82, 2.24) is 30.0 Å². The Morgan fingerprint density at radius 1 is 1.42 bits per heavy atom. The van der Waals surface area contributed by atoms with Crippen LogP contribution < -0.4 is 0 Å². The molecule has 2 aromatic heterocycles. The van der Waals surface area contributed by atoms with Gasteiger partial charge in [0.25, 0.3) is 0 Å². The van der Waals surface area contributed by atoms with Crippen molar-refractivity contribution >= 4 is 5.97 Å². The first-order chi connectivity index (χ1) is 8.93. The molecule has 2 atom stereocenters. The lowest BCUT2D eigenvalue weighted by atomic mass is 10.0. The van der Waals surface area contributed by atoms with Gasteiger partial charge in [0.2, 0.25) is 0 Å². The van der Waals surface area contributed by atoms with E-state index in [-0.39, 0.29) is 6.04 Å². The molecule has 0 amide bonds. The largest absolute Gasteiger partial charge is 0.481 e. The molecule has 0 saturated heterocycles. The Labute approximate surface area is 110 Å². The molecule has 0 saturated carbocycles. The highest BCUT2D eigenvalue weighted by Gasteiger charge is 2.26. The Kier molecular flexibility index (Phi) is 3.32. The van der Waals surface area contributed by atoms with Crippen LogP contribution >= 0.6 is 0 Å². The number of hydrogen-bond donors (Lipinski definition) is 1. The lowest BCUT2D eigenvalue weighted by molar-refractivity contribution is -0.142. The molecule has 0 aliphatic carbocycles. The quantitative estimate of drug-likeness (QED) is 0.871. The van der Waals surface area contributed by atoms with Crippen LogP contribution in [0.1, 0.15) is 25.6 Å². The fourth-order valence-electron chi connectivity index (χ4n) is 1.78. The molecule has 0 aliphatic rings. The van der Waals surface area contributed by atoms with Crippen LogP contribution in [-0.2, 0) is 11.8 Å². The number of aliphatic carboxylic acids is 1. The van der Waals surface area contributed by atoms with Crippen molar-refractivity contribution in [3.8, 4) is 11.4 Å². The molecule has 102 valence electrons. The third-order valence-electron chi connectivity index (χ3n) is 3.47. The molecule has 0 aliphatic heterocycles. The van der Waals surface area contributed by atoms with E-state index in [0.29, 0.717) is 5.82 Å². The minimum absolute atomic E-state index is 0.345. The molecule has 19 heavy (non-hydrogen) atoms. The fraction of sp³-hybridized carbons (Fsp3) is 0.545. The Hall–Kier alpha value is -2.25. The van der Waals surface area contributed by atoms with Gasteiger partial charge in [0.1, 0.15) is 0 Å². The van der Waals surface area contributed by atoms with E-state index >= 15 is 0 Å². The maximum Gasteiger partial charge on any atom is 0.308 e. The van der Waals surface area contributed by atoms with Gasteiger partial charge in [0, 0.05) is 12.7 Å². The molecule has 0 fully saturated rings. The van der Waals surface area contributed by atoms with Crippen molar-refractivity contribution in [2.45, 2.75) is 26.8 Å². The summed E-state index contributed by atoms with van der Waals surface area (Å²) >= 11 is 0. The molecule has 8 heteroatoms. The van der Waals surface area contributed by atoms with Crippen LogP contribution in [0.25, 0.3) is 11.4 Å². The second kappa shape index (κ2) is 4.79. The second-order valence-corrected chi connectivity index (χ2v) is 4.58. The lowest BCUT2D eigenvalue weighted by Gasteiger charge is -2.17. The van der Waals surface area contributed by atoms with E-state index in [0.717, 1.165) is 11.3 Å². The van der Waals surface area contributed by atoms with Gasteiger partial charge in [0.05, 0.1) is 23.7 Å². The highest BCUT2D eigenvalue weighted by Crippen LogP contribution is 2.25. The molecule has 2 unspecified atom stereocenters. The molecule has 2 rings (SSSR count). The van der Waals surface area contributed by atoms with E-state index < -0.39 is 11.9 Å². The van der Waals surface area contributed by atoms with Gasteiger partial charge in [-0.15, -0.1) is 5.10 Å². The summed E-state index contributed by atoms with van der Waals surface area (Å²) in [6.07, 6.45) is 1.68. The van der Waals surface area contributed by atoms with E-state index in [1.54, 1.807) is 24.7 Å². The summed E-state index contributed by atoms with van der Waals surface area (Å²) in [6, 6.07) is -0.345. The summed E-state index contributed by atoms with van der Waals surface area (Å²) in [5, 5.41) is 24.7. The third kappa shape index (κ3) is 2.20. The van der Waals surface area contributed by atoms with Crippen molar-refractivity contribution in [2.24, 2.45) is 13.0 Å². The fourth-order valence-corrected chi connectivity index (χ4v) is 1.78. The van der Waals surface area contributed by atoms with E-state index in [4.69, 9.17) is 5.11 Å². The summed E-state index contributed by atoms with van der Waals surface area (Å²) in [7, 11) is 1.83. The van der Waals surface area contributed by atoms with E-state index in [2.05, 4.69) is 20.6 Å². The minimum atomic E-state index is -0.878. The predicted molar refractivity (Wildman–Crippen MR) is 66.3 cm³/mol. The number of carboxylic acids is 1. The van der Waals surface area contributed by atoms with E-state index in [9.17, 15) is 4.79 Å². The van der Waals surface area contributed by atoms with Crippen LogP contribution in [0.15, 0.2) is 6.20 Å². The monoisotopic (exact) mass is 264 g/mol. The van der Waals surface area contributed by atoms with Gasteiger partial charge in [-0.3, -0.25) is 9.48 Å². The number of aryl methyl sites for hydroxylation is 1.